The first-order chi connectivity index (χ1) is 8.03. The average molecular weight is 238 g/mol. The van der Waals surface area contributed by atoms with Crippen molar-refractivity contribution < 1.29 is 9.84 Å². The lowest BCUT2D eigenvalue weighted by atomic mass is 9.79. The highest BCUT2D eigenvalue weighted by Gasteiger charge is 2.53. The van der Waals surface area contributed by atoms with Crippen LogP contribution in [0.15, 0.2) is 0 Å². The minimum atomic E-state index is -0.0774. The zero-order valence-corrected chi connectivity index (χ0v) is 11.2. The normalized spacial score (nSPS) is 40.4. The van der Waals surface area contributed by atoms with Gasteiger partial charge in [-0.2, -0.15) is 0 Å². The fraction of sp³-hybridized carbons (Fsp3) is 1.00. The van der Waals surface area contributed by atoms with Gasteiger partial charge in [-0.15, -0.1) is 0 Å². The first-order valence-electron chi connectivity index (χ1n) is 7.35. The van der Waals surface area contributed by atoms with Gasteiger partial charge >= 0.3 is 0 Å². The molecule has 0 bridgehead atoms. The highest BCUT2D eigenvalue weighted by atomic mass is 16.5. The minimum Gasteiger partial charge on any atom is -0.393 e. The van der Waals surface area contributed by atoms with Gasteiger partial charge in [0.25, 0.3) is 0 Å². The molecule has 1 saturated heterocycles. The van der Waals surface area contributed by atoms with Gasteiger partial charge in [0.2, 0.25) is 0 Å². The molecule has 1 N–H and O–H groups in total. The number of ether oxygens (including phenoxy) is 1. The second-order valence-corrected chi connectivity index (χ2v) is 7.28. The van der Waals surface area contributed by atoms with Crippen molar-refractivity contribution in [2.24, 2.45) is 17.3 Å². The molecular formula is C15H26O2. The molecular weight excluding hydrogens is 212 g/mol. The maximum atomic E-state index is 10.5. The zero-order valence-electron chi connectivity index (χ0n) is 11.2. The molecule has 0 aromatic heterocycles. The van der Waals surface area contributed by atoms with E-state index in [1.807, 2.05) is 0 Å². The summed E-state index contributed by atoms with van der Waals surface area (Å²) in [6.07, 6.45) is 8.39. The fourth-order valence-electron chi connectivity index (χ4n) is 4.14. The van der Waals surface area contributed by atoms with Crippen LogP contribution >= 0.6 is 0 Å². The van der Waals surface area contributed by atoms with Crippen LogP contribution in [0.4, 0.5) is 0 Å². The lowest BCUT2D eigenvalue weighted by Gasteiger charge is -2.40. The van der Waals surface area contributed by atoms with Crippen molar-refractivity contribution in [1.29, 1.82) is 0 Å². The predicted molar refractivity (Wildman–Crippen MR) is 67.8 cm³/mol. The summed E-state index contributed by atoms with van der Waals surface area (Å²) in [7, 11) is 0. The van der Waals surface area contributed by atoms with E-state index in [9.17, 15) is 5.11 Å². The molecule has 3 rings (SSSR count). The van der Waals surface area contributed by atoms with Gasteiger partial charge < -0.3 is 9.84 Å². The Bertz CT molecular complexity index is 291. The maximum absolute atomic E-state index is 10.5. The van der Waals surface area contributed by atoms with E-state index in [4.69, 9.17) is 4.74 Å². The van der Waals surface area contributed by atoms with E-state index in [2.05, 4.69) is 13.8 Å². The van der Waals surface area contributed by atoms with E-state index < -0.39 is 0 Å². The topological polar surface area (TPSA) is 29.5 Å². The quantitative estimate of drug-likeness (QED) is 0.801. The van der Waals surface area contributed by atoms with Gasteiger partial charge in [0.05, 0.1) is 11.7 Å². The average Bonchev–Trinajstić information content (AvgIpc) is 2.71. The smallest absolute Gasteiger partial charge is 0.0686 e. The van der Waals surface area contributed by atoms with E-state index >= 15 is 0 Å². The Morgan fingerprint density at radius 2 is 1.82 bits per heavy atom. The predicted octanol–water partition coefficient (Wildman–Crippen LogP) is 3.13. The van der Waals surface area contributed by atoms with E-state index in [0.717, 1.165) is 19.4 Å². The lowest BCUT2D eigenvalue weighted by Crippen LogP contribution is -2.42. The van der Waals surface area contributed by atoms with Gasteiger partial charge in [-0.1, -0.05) is 26.7 Å². The molecule has 1 aliphatic heterocycles. The molecule has 3 atom stereocenters. The van der Waals surface area contributed by atoms with Crippen molar-refractivity contribution in [2.75, 3.05) is 6.61 Å². The molecule has 2 aliphatic carbocycles. The maximum Gasteiger partial charge on any atom is 0.0686 e. The highest BCUT2D eigenvalue weighted by molar-refractivity contribution is 5.03. The van der Waals surface area contributed by atoms with Crippen LogP contribution in [-0.2, 0) is 4.74 Å². The third kappa shape index (κ3) is 2.15. The van der Waals surface area contributed by atoms with Crippen molar-refractivity contribution in [3.8, 4) is 0 Å². The van der Waals surface area contributed by atoms with Crippen LogP contribution in [-0.4, -0.2) is 23.4 Å². The standard InChI is InChI=1S/C15H26O2/c1-14(2)10-12(14)13(16)11-5-8-17-15(9-11)6-3-4-7-15/h11-13,16H,3-10H2,1-2H3. The van der Waals surface area contributed by atoms with Gasteiger partial charge in [-0.25, -0.2) is 0 Å². The first kappa shape index (κ1) is 12.0. The first-order valence-corrected chi connectivity index (χ1v) is 7.35. The van der Waals surface area contributed by atoms with Crippen LogP contribution in [0, 0.1) is 17.3 Å². The van der Waals surface area contributed by atoms with E-state index in [0.29, 0.717) is 17.3 Å². The van der Waals surface area contributed by atoms with Crippen molar-refractivity contribution in [3.05, 3.63) is 0 Å². The summed E-state index contributed by atoms with van der Waals surface area (Å²) in [5.74, 6) is 1.04. The molecule has 0 aromatic rings. The SMILES string of the molecule is CC1(C)CC1C(O)C1CCOC2(CCCC2)C1. The summed E-state index contributed by atoms with van der Waals surface area (Å²) in [6.45, 7) is 5.44. The monoisotopic (exact) mass is 238 g/mol. The molecule has 1 heterocycles. The third-order valence-electron chi connectivity index (χ3n) is 5.53. The Hall–Kier alpha value is -0.0800. The molecule has 0 aromatic carbocycles. The molecule has 17 heavy (non-hydrogen) atoms. The molecule has 3 unspecified atom stereocenters. The summed E-state index contributed by atoms with van der Waals surface area (Å²) >= 11 is 0. The minimum absolute atomic E-state index is 0.0774. The number of hydrogen-bond acceptors (Lipinski definition) is 2. The molecule has 3 fully saturated rings. The summed E-state index contributed by atoms with van der Waals surface area (Å²) < 4.78 is 6.05. The van der Waals surface area contributed by atoms with Crippen LogP contribution in [0.2, 0.25) is 0 Å². The second-order valence-electron chi connectivity index (χ2n) is 7.28. The fourth-order valence-corrected chi connectivity index (χ4v) is 4.14. The molecule has 1 spiro atoms. The number of aliphatic hydroxyl groups excluding tert-OH is 1. The summed E-state index contributed by atoms with van der Waals surface area (Å²) in [5, 5.41) is 10.5. The van der Waals surface area contributed by atoms with Gasteiger partial charge in [0.15, 0.2) is 0 Å². The third-order valence-corrected chi connectivity index (χ3v) is 5.53. The van der Waals surface area contributed by atoms with Gasteiger partial charge in [0, 0.05) is 6.61 Å². The molecule has 0 radical (unpaired) electrons. The molecule has 0 amide bonds. The van der Waals surface area contributed by atoms with Crippen molar-refractivity contribution in [2.45, 2.75) is 70.5 Å². The Kier molecular flexibility index (Phi) is 2.79. The van der Waals surface area contributed by atoms with Crippen molar-refractivity contribution in [3.63, 3.8) is 0 Å². The molecule has 2 saturated carbocycles. The summed E-state index contributed by atoms with van der Waals surface area (Å²) in [4.78, 5) is 0. The number of rotatable bonds is 2. The molecule has 3 aliphatic rings. The largest absolute Gasteiger partial charge is 0.393 e. The Labute approximate surface area is 105 Å². The van der Waals surface area contributed by atoms with Crippen molar-refractivity contribution in [1.82, 2.24) is 0 Å². The van der Waals surface area contributed by atoms with Gasteiger partial charge in [-0.05, 0) is 49.4 Å². The van der Waals surface area contributed by atoms with Gasteiger partial charge in [-0.3, -0.25) is 0 Å². The van der Waals surface area contributed by atoms with Crippen molar-refractivity contribution >= 4 is 0 Å². The Morgan fingerprint density at radius 3 is 2.41 bits per heavy atom. The molecule has 2 nitrogen and oxygen atoms in total. The molecule has 2 heteroatoms. The Morgan fingerprint density at radius 1 is 1.18 bits per heavy atom. The van der Waals surface area contributed by atoms with Crippen LogP contribution < -0.4 is 0 Å². The highest BCUT2D eigenvalue weighted by Crippen LogP contribution is 2.56. The van der Waals surface area contributed by atoms with Crippen LogP contribution in [0.5, 0.6) is 0 Å². The summed E-state index contributed by atoms with van der Waals surface area (Å²) in [5.41, 5.74) is 0.545. The molecule has 98 valence electrons. The second kappa shape index (κ2) is 3.96. The lowest BCUT2D eigenvalue weighted by molar-refractivity contribution is -0.116. The van der Waals surface area contributed by atoms with E-state index in [1.54, 1.807) is 0 Å². The van der Waals surface area contributed by atoms with Crippen LogP contribution in [0.1, 0.15) is 58.8 Å². The Balaban J connectivity index is 1.64. The number of aliphatic hydroxyl groups is 1. The van der Waals surface area contributed by atoms with E-state index in [1.165, 1.54) is 32.1 Å². The summed E-state index contributed by atoms with van der Waals surface area (Å²) in [6, 6.07) is 0. The van der Waals surface area contributed by atoms with Crippen LogP contribution in [0.25, 0.3) is 0 Å². The zero-order chi connectivity index (χ0) is 12.1. The number of hydrogen-bond donors (Lipinski definition) is 1. The van der Waals surface area contributed by atoms with Gasteiger partial charge in [0.1, 0.15) is 0 Å². The van der Waals surface area contributed by atoms with E-state index in [-0.39, 0.29) is 11.7 Å². The van der Waals surface area contributed by atoms with Crippen LogP contribution in [0.3, 0.4) is 0 Å².